The van der Waals surface area contributed by atoms with Crippen molar-refractivity contribution in [2.75, 3.05) is 0 Å². The van der Waals surface area contributed by atoms with Gasteiger partial charge < -0.3 is 4.42 Å². The maximum absolute atomic E-state index is 6.49. The Balaban J connectivity index is 1.02. The van der Waals surface area contributed by atoms with Gasteiger partial charge in [-0.3, -0.25) is 0 Å². The molecule has 0 amide bonds. The molecule has 0 bridgehead atoms. The van der Waals surface area contributed by atoms with Crippen molar-refractivity contribution in [2.24, 2.45) is 0 Å². The van der Waals surface area contributed by atoms with Crippen molar-refractivity contribution < 1.29 is 4.42 Å². The summed E-state index contributed by atoms with van der Waals surface area (Å²) >= 11 is 0. The largest absolute Gasteiger partial charge is 0.456 e. The van der Waals surface area contributed by atoms with Crippen molar-refractivity contribution in [3.63, 3.8) is 0 Å². The second kappa shape index (κ2) is 10.8. The molecule has 0 saturated heterocycles. The van der Waals surface area contributed by atoms with E-state index in [-0.39, 0.29) is 5.41 Å². The van der Waals surface area contributed by atoms with Crippen LogP contribution in [-0.2, 0) is 5.41 Å². The van der Waals surface area contributed by atoms with E-state index >= 15 is 0 Å². The molecule has 0 spiro atoms. The third-order valence-corrected chi connectivity index (χ3v) is 11.7. The normalized spacial score (nSPS) is 13.3. The molecular weight excluding hydrogens is 629 g/mol. The van der Waals surface area contributed by atoms with E-state index < -0.39 is 0 Å². The van der Waals surface area contributed by atoms with Crippen LogP contribution >= 0.6 is 0 Å². The molecule has 1 aliphatic carbocycles. The second-order valence-corrected chi connectivity index (χ2v) is 14.8. The van der Waals surface area contributed by atoms with Gasteiger partial charge in [0.25, 0.3) is 0 Å². The zero-order valence-electron chi connectivity index (χ0n) is 29.1. The van der Waals surface area contributed by atoms with E-state index in [1.54, 1.807) is 0 Å². The molecule has 1 heteroatoms. The quantitative estimate of drug-likeness (QED) is 0.172. The molecule has 1 aromatic heterocycles. The minimum absolute atomic E-state index is 0.151. The lowest BCUT2D eigenvalue weighted by molar-refractivity contribution is 0.658. The van der Waals surface area contributed by atoms with Gasteiger partial charge >= 0.3 is 0 Å². The van der Waals surface area contributed by atoms with Gasteiger partial charge in [-0.25, -0.2) is 0 Å². The molecule has 0 N–H and O–H groups in total. The number of fused-ring (bicyclic) bond motifs is 10. The average Bonchev–Trinajstić information content (AvgIpc) is 3.67. The van der Waals surface area contributed by atoms with E-state index in [0.29, 0.717) is 0 Å². The summed E-state index contributed by atoms with van der Waals surface area (Å²) < 4.78 is 6.49. The lowest BCUT2D eigenvalue weighted by atomic mass is 9.81. The Hall–Kier alpha value is -6.44. The van der Waals surface area contributed by atoms with Crippen molar-refractivity contribution in [1.82, 2.24) is 0 Å². The van der Waals surface area contributed by atoms with Crippen molar-refractivity contribution in [2.45, 2.75) is 19.3 Å². The molecule has 1 heterocycles. The standard InChI is InChI=1S/C51H34O/c1-51(2)44-28-35(24-26-37(44)42-30-47-43(29-45(42)51)50-36-15-7-6-12-32(36)25-27-46(50)52-47)31-20-22-34(23-21-31)49-40-18-10-8-16-38(40)48(33-13-4-3-5-14-33)39-17-9-11-19-41(39)49/h3-30H,1-2H3. The summed E-state index contributed by atoms with van der Waals surface area (Å²) in [5.41, 5.74) is 14.5. The molecule has 11 rings (SSSR count). The van der Waals surface area contributed by atoms with E-state index in [9.17, 15) is 0 Å². The van der Waals surface area contributed by atoms with Crippen LogP contribution in [0.2, 0.25) is 0 Å². The molecule has 0 atom stereocenters. The lowest BCUT2D eigenvalue weighted by Crippen LogP contribution is -2.15. The summed E-state index contributed by atoms with van der Waals surface area (Å²) in [7, 11) is 0. The first-order valence-electron chi connectivity index (χ1n) is 18.2. The third-order valence-electron chi connectivity index (χ3n) is 11.7. The summed E-state index contributed by atoms with van der Waals surface area (Å²) in [4.78, 5) is 0. The molecule has 0 aliphatic heterocycles. The highest BCUT2D eigenvalue weighted by Gasteiger charge is 2.36. The zero-order chi connectivity index (χ0) is 34.6. The molecule has 0 saturated carbocycles. The van der Waals surface area contributed by atoms with Gasteiger partial charge in [0, 0.05) is 16.2 Å². The first kappa shape index (κ1) is 29.3. The van der Waals surface area contributed by atoms with E-state index in [0.717, 1.165) is 11.2 Å². The Kier molecular flexibility index (Phi) is 6.08. The Labute approximate surface area is 302 Å². The van der Waals surface area contributed by atoms with Crippen LogP contribution in [0.25, 0.3) is 98.8 Å². The monoisotopic (exact) mass is 662 g/mol. The summed E-state index contributed by atoms with van der Waals surface area (Å²) in [6.07, 6.45) is 0. The fraction of sp³-hybridized carbons (Fsp3) is 0.0588. The van der Waals surface area contributed by atoms with E-state index in [1.165, 1.54) is 98.7 Å². The van der Waals surface area contributed by atoms with Crippen LogP contribution in [-0.4, -0.2) is 0 Å². The summed E-state index contributed by atoms with van der Waals surface area (Å²) in [5.74, 6) is 0. The highest BCUT2D eigenvalue weighted by molar-refractivity contribution is 6.22. The fourth-order valence-electron chi connectivity index (χ4n) is 9.14. The Morgan fingerprint density at radius 3 is 1.58 bits per heavy atom. The molecule has 52 heavy (non-hydrogen) atoms. The van der Waals surface area contributed by atoms with Gasteiger partial charge in [0.05, 0.1) is 0 Å². The summed E-state index contributed by atoms with van der Waals surface area (Å²) in [5, 5.41) is 9.98. The van der Waals surface area contributed by atoms with Crippen molar-refractivity contribution in [3.05, 3.63) is 181 Å². The van der Waals surface area contributed by atoms with Crippen LogP contribution in [0.15, 0.2) is 174 Å². The predicted octanol–water partition coefficient (Wildman–Crippen LogP) is 14.4. The third kappa shape index (κ3) is 4.11. The van der Waals surface area contributed by atoms with Crippen LogP contribution in [0, 0.1) is 0 Å². The molecule has 0 radical (unpaired) electrons. The number of benzene rings is 9. The lowest BCUT2D eigenvalue weighted by Gasteiger charge is -2.22. The van der Waals surface area contributed by atoms with E-state index in [2.05, 4.69) is 184 Å². The van der Waals surface area contributed by atoms with Crippen LogP contribution in [0.5, 0.6) is 0 Å². The van der Waals surface area contributed by atoms with Crippen LogP contribution < -0.4 is 0 Å². The smallest absolute Gasteiger partial charge is 0.136 e. The van der Waals surface area contributed by atoms with E-state index in [4.69, 9.17) is 4.42 Å². The highest BCUT2D eigenvalue weighted by atomic mass is 16.3. The highest BCUT2D eigenvalue weighted by Crippen LogP contribution is 2.52. The number of rotatable bonds is 3. The molecule has 9 aromatic carbocycles. The first-order valence-corrected chi connectivity index (χ1v) is 18.2. The topological polar surface area (TPSA) is 13.1 Å². The summed E-state index contributed by atoms with van der Waals surface area (Å²) in [6.45, 7) is 4.73. The van der Waals surface area contributed by atoms with Crippen LogP contribution in [0.4, 0.5) is 0 Å². The molecule has 0 unspecified atom stereocenters. The Morgan fingerprint density at radius 1 is 0.365 bits per heavy atom. The SMILES string of the molecule is CC1(C)c2cc(-c3ccc(-c4c5ccccc5c(-c5ccccc5)c5ccccc45)cc3)ccc2-c2cc3oc4ccc5ccccc5c4c3cc21. The van der Waals surface area contributed by atoms with Gasteiger partial charge in [0.1, 0.15) is 11.2 Å². The molecule has 1 nitrogen and oxygen atoms in total. The zero-order valence-corrected chi connectivity index (χ0v) is 29.1. The van der Waals surface area contributed by atoms with Gasteiger partial charge in [0.2, 0.25) is 0 Å². The van der Waals surface area contributed by atoms with Crippen LogP contribution in [0.3, 0.4) is 0 Å². The minimum atomic E-state index is -0.151. The summed E-state index contributed by atoms with van der Waals surface area (Å²) in [6, 6.07) is 62.3. The van der Waals surface area contributed by atoms with Gasteiger partial charge in [-0.2, -0.15) is 0 Å². The van der Waals surface area contributed by atoms with Crippen molar-refractivity contribution in [1.29, 1.82) is 0 Å². The Morgan fingerprint density at radius 2 is 0.904 bits per heavy atom. The van der Waals surface area contributed by atoms with Gasteiger partial charge in [0.15, 0.2) is 0 Å². The molecule has 0 fully saturated rings. The maximum atomic E-state index is 6.49. The second-order valence-electron chi connectivity index (χ2n) is 14.8. The van der Waals surface area contributed by atoms with Crippen molar-refractivity contribution >= 4 is 54.3 Å². The predicted molar refractivity (Wildman–Crippen MR) is 220 cm³/mol. The molecule has 1 aliphatic rings. The number of hydrogen-bond acceptors (Lipinski definition) is 1. The van der Waals surface area contributed by atoms with Gasteiger partial charge in [-0.15, -0.1) is 0 Å². The molecule has 244 valence electrons. The van der Waals surface area contributed by atoms with Gasteiger partial charge in [-0.1, -0.05) is 159 Å². The minimum Gasteiger partial charge on any atom is -0.456 e. The Bertz CT molecular complexity index is 3010. The maximum Gasteiger partial charge on any atom is 0.136 e. The fourth-order valence-corrected chi connectivity index (χ4v) is 9.14. The first-order chi connectivity index (χ1) is 25.5. The number of hydrogen-bond donors (Lipinski definition) is 0. The molecule has 10 aromatic rings. The molecular formula is C51H34O. The van der Waals surface area contributed by atoms with Crippen molar-refractivity contribution in [3.8, 4) is 44.5 Å². The average molecular weight is 663 g/mol. The van der Waals surface area contributed by atoms with Gasteiger partial charge in [-0.05, 0) is 112 Å². The number of furan rings is 1. The van der Waals surface area contributed by atoms with E-state index in [1.807, 2.05) is 0 Å². The van der Waals surface area contributed by atoms with Crippen LogP contribution in [0.1, 0.15) is 25.0 Å².